The summed E-state index contributed by atoms with van der Waals surface area (Å²) in [5.41, 5.74) is 0.467. The third-order valence-corrected chi connectivity index (χ3v) is 5.07. The zero-order valence-electron chi connectivity index (χ0n) is 12.6. The van der Waals surface area contributed by atoms with Crippen LogP contribution in [0.2, 0.25) is 0 Å². The van der Waals surface area contributed by atoms with Crippen LogP contribution in [-0.4, -0.2) is 46.6 Å². The van der Waals surface area contributed by atoms with Crippen molar-refractivity contribution in [1.82, 2.24) is 20.0 Å². The molecule has 2 aliphatic rings. The number of amides is 2. The van der Waals surface area contributed by atoms with Crippen molar-refractivity contribution in [2.45, 2.75) is 25.7 Å². The molecule has 2 fully saturated rings. The Bertz CT molecular complexity index is 568. The standard InChI is InChI=1S/C15H22N4O2/c1-16-13(20)11-4-3-6-15(11)7-9-19(10-15)14(21)12-5-8-18(2)17-12/h5,8,11H,3-4,6-7,9-10H2,1-2H3,(H,16,20)/t11-,15-/m1/s1. The van der Waals surface area contributed by atoms with Crippen LogP contribution >= 0.6 is 0 Å². The summed E-state index contributed by atoms with van der Waals surface area (Å²) in [6.45, 7) is 1.41. The van der Waals surface area contributed by atoms with Crippen LogP contribution in [0, 0.1) is 11.3 Å². The number of aryl methyl sites for hydroxylation is 1. The second-order valence-electron chi connectivity index (χ2n) is 6.27. The maximum atomic E-state index is 12.5. The van der Waals surface area contributed by atoms with Crippen molar-refractivity contribution in [3.63, 3.8) is 0 Å². The number of carbonyl (C=O) groups is 2. The molecule has 6 heteroatoms. The molecule has 1 aliphatic carbocycles. The lowest BCUT2D eigenvalue weighted by molar-refractivity contribution is -0.127. The van der Waals surface area contributed by atoms with Crippen molar-refractivity contribution in [3.05, 3.63) is 18.0 Å². The van der Waals surface area contributed by atoms with Gasteiger partial charge in [0.25, 0.3) is 5.91 Å². The molecule has 1 aliphatic heterocycles. The SMILES string of the molecule is CNC(=O)[C@H]1CCC[C@]12CCN(C(=O)c1ccn(C)n1)C2. The van der Waals surface area contributed by atoms with Gasteiger partial charge in [0.15, 0.2) is 0 Å². The Morgan fingerprint density at radius 3 is 2.90 bits per heavy atom. The van der Waals surface area contributed by atoms with Crippen LogP contribution in [0.25, 0.3) is 0 Å². The van der Waals surface area contributed by atoms with Gasteiger partial charge in [0, 0.05) is 44.7 Å². The average molecular weight is 290 g/mol. The van der Waals surface area contributed by atoms with Crippen LogP contribution in [0.15, 0.2) is 12.3 Å². The molecule has 0 aromatic carbocycles. The molecule has 21 heavy (non-hydrogen) atoms. The third kappa shape index (κ3) is 2.32. The lowest BCUT2D eigenvalue weighted by Gasteiger charge is -2.30. The van der Waals surface area contributed by atoms with E-state index in [-0.39, 0.29) is 23.1 Å². The highest BCUT2D eigenvalue weighted by Crippen LogP contribution is 2.49. The summed E-state index contributed by atoms with van der Waals surface area (Å²) in [6, 6.07) is 1.75. The Balaban J connectivity index is 1.75. The fraction of sp³-hybridized carbons (Fsp3) is 0.667. The first-order valence-corrected chi connectivity index (χ1v) is 7.56. The number of aromatic nitrogens is 2. The molecule has 1 saturated carbocycles. The van der Waals surface area contributed by atoms with Crippen LogP contribution in [-0.2, 0) is 11.8 Å². The van der Waals surface area contributed by atoms with E-state index < -0.39 is 0 Å². The number of likely N-dealkylation sites (tertiary alicyclic amines) is 1. The van der Waals surface area contributed by atoms with Crippen LogP contribution in [0.4, 0.5) is 0 Å². The second kappa shape index (κ2) is 5.16. The molecular weight excluding hydrogens is 268 g/mol. The van der Waals surface area contributed by atoms with Gasteiger partial charge in [-0.3, -0.25) is 14.3 Å². The summed E-state index contributed by atoms with van der Waals surface area (Å²) in [6.07, 6.45) is 5.75. The molecule has 0 unspecified atom stereocenters. The molecule has 3 rings (SSSR count). The largest absolute Gasteiger partial charge is 0.359 e. The van der Waals surface area contributed by atoms with Gasteiger partial charge in [0.05, 0.1) is 0 Å². The van der Waals surface area contributed by atoms with Gasteiger partial charge >= 0.3 is 0 Å². The number of nitrogens with one attached hydrogen (secondary N) is 1. The zero-order valence-corrected chi connectivity index (χ0v) is 12.6. The number of hydrogen-bond acceptors (Lipinski definition) is 3. The molecule has 1 saturated heterocycles. The van der Waals surface area contributed by atoms with E-state index in [4.69, 9.17) is 0 Å². The fourth-order valence-corrected chi connectivity index (χ4v) is 3.97. The maximum Gasteiger partial charge on any atom is 0.274 e. The first-order chi connectivity index (χ1) is 10.1. The Morgan fingerprint density at radius 2 is 2.24 bits per heavy atom. The molecule has 1 spiro atoms. The first kappa shape index (κ1) is 14.1. The van der Waals surface area contributed by atoms with Crippen molar-refractivity contribution < 1.29 is 9.59 Å². The van der Waals surface area contributed by atoms with Crippen molar-refractivity contribution >= 4 is 11.8 Å². The van der Waals surface area contributed by atoms with Gasteiger partial charge in [0.2, 0.25) is 5.91 Å². The van der Waals surface area contributed by atoms with Gasteiger partial charge in [0.1, 0.15) is 5.69 Å². The fourth-order valence-electron chi connectivity index (χ4n) is 3.97. The van der Waals surface area contributed by atoms with Gasteiger partial charge < -0.3 is 10.2 Å². The number of carbonyl (C=O) groups excluding carboxylic acids is 2. The van der Waals surface area contributed by atoms with Crippen LogP contribution in [0.1, 0.15) is 36.2 Å². The van der Waals surface area contributed by atoms with Gasteiger partial charge in [-0.2, -0.15) is 5.10 Å². The maximum absolute atomic E-state index is 12.5. The topological polar surface area (TPSA) is 67.2 Å². The van der Waals surface area contributed by atoms with E-state index in [1.165, 1.54) is 0 Å². The highest BCUT2D eigenvalue weighted by molar-refractivity contribution is 5.92. The van der Waals surface area contributed by atoms with Crippen molar-refractivity contribution in [2.24, 2.45) is 18.4 Å². The number of hydrogen-bond donors (Lipinski definition) is 1. The Hall–Kier alpha value is -1.85. The normalized spacial score (nSPS) is 28.3. The molecular formula is C15H22N4O2. The van der Waals surface area contributed by atoms with Gasteiger partial charge in [-0.15, -0.1) is 0 Å². The number of rotatable bonds is 2. The smallest absolute Gasteiger partial charge is 0.274 e. The highest BCUT2D eigenvalue weighted by Gasteiger charge is 2.51. The van der Waals surface area contributed by atoms with Gasteiger partial charge in [-0.05, 0) is 25.3 Å². The molecule has 2 amide bonds. The number of nitrogens with zero attached hydrogens (tertiary/aromatic N) is 3. The van der Waals surface area contributed by atoms with Crippen LogP contribution in [0.5, 0.6) is 0 Å². The average Bonchev–Trinajstić information content (AvgIpc) is 3.19. The summed E-state index contributed by atoms with van der Waals surface area (Å²) < 4.78 is 1.64. The van der Waals surface area contributed by atoms with Crippen molar-refractivity contribution in [1.29, 1.82) is 0 Å². The molecule has 1 N–H and O–H groups in total. The summed E-state index contributed by atoms with van der Waals surface area (Å²) in [7, 11) is 3.50. The van der Waals surface area contributed by atoms with Crippen LogP contribution in [0.3, 0.4) is 0 Å². The predicted molar refractivity (Wildman–Crippen MR) is 77.6 cm³/mol. The summed E-state index contributed by atoms with van der Waals surface area (Å²) in [5, 5.41) is 6.97. The molecule has 1 aromatic heterocycles. The van der Waals surface area contributed by atoms with E-state index in [1.54, 1.807) is 31.0 Å². The Labute approximate surface area is 124 Å². The van der Waals surface area contributed by atoms with E-state index in [2.05, 4.69) is 10.4 Å². The molecule has 0 radical (unpaired) electrons. The minimum atomic E-state index is -0.0233. The lowest BCUT2D eigenvalue weighted by Crippen LogP contribution is -2.40. The lowest BCUT2D eigenvalue weighted by atomic mass is 9.76. The molecule has 0 bridgehead atoms. The quantitative estimate of drug-likeness (QED) is 0.876. The second-order valence-corrected chi connectivity index (χ2v) is 6.27. The Morgan fingerprint density at radius 1 is 1.43 bits per heavy atom. The molecule has 1 aromatic rings. The summed E-state index contributed by atoms with van der Waals surface area (Å²) >= 11 is 0. The summed E-state index contributed by atoms with van der Waals surface area (Å²) in [4.78, 5) is 26.5. The van der Waals surface area contributed by atoms with E-state index in [0.29, 0.717) is 12.2 Å². The van der Waals surface area contributed by atoms with Crippen molar-refractivity contribution in [2.75, 3.05) is 20.1 Å². The third-order valence-electron chi connectivity index (χ3n) is 5.07. The monoisotopic (exact) mass is 290 g/mol. The molecule has 114 valence electrons. The van der Waals surface area contributed by atoms with E-state index in [0.717, 1.165) is 32.2 Å². The minimum absolute atomic E-state index is 0.0185. The molecule has 2 heterocycles. The minimum Gasteiger partial charge on any atom is -0.359 e. The summed E-state index contributed by atoms with van der Waals surface area (Å²) in [5.74, 6) is 0.152. The van der Waals surface area contributed by atoms with E-state index in [9.17, 15) is 9.59 Å². The zero-order chi connectivity index (χ0) is 15.0. The van der Waals surface area contributed by atoms with E-state index >= 15 is 0 Å². The van der Waals surface area contributed by atoms with Gasteiger partial charge in [-0.25, -0.2) is 0 Å². The first-order valence-electron chi connectivity index (χ1n) is 7.56. The molecule has 2 atom stereocenters. The van der Waals surface area contributed by atoms with Gasteiger partial charge in [-0.1, -0.05) is 6.42 Å². The Kier molecular flexibility index (Phi) is 3.47. The highest BCUT2D eigenvalue weighted by atomic mass is 16.2. The van der Waals surface area contributed by atoms with Crippen molar-refractivity contribution in [3.8, 4) is 0 Å². The van der Waals surface area contributed by atoms with Crippen LogP contribution < -0.4 is 5.32 Å². The predicted octanol–water partition coefficient (Wildman–Crippen LogP) is 0.798. The molecule has 6 nitrogen and oxygen atoms in total. The van der Waals surface area contributed by atoms with E-state index in [1.807, 2.05) is 4.90 Å².